The number of unbranched alkanes of at least 4 members (excludes halogenated alkanes) is 1. The number of carbonyl (C=O) groups excluding carboxylic acids is 1. The van der Waals surface area contributed by atoms with Gasteiger partial charge in [0, 0.05) is 31.4 Å². The summed E-state index contributed by atoms with van der Waals surface area (Å²) in [5.41, 5.74) is 1.31. The monoisotopic (exact) mass is 231 g/mol. The van der Waals surface area contributed by atoms with Crippen molar-refractivity contribution in [3.8, 4) is 12.3 Å². The zero-order valence-corrected chi connectivity index (χ0v) is 9.99. The summed E-state index contributed by atoms with van der Waals surface area (Å²) in [7, 11) is 0. The third-order valence-electron chi connectivity index (χ3n) is 2.16. The fourth-order valence-electron chi connectivity index (χ4n) is 1.34. The predicted octanol–water partition coefficient (Wildman–Crippen LogP) is 1.66. The van der Waals surface area contributed by atoms with Crippen LogP contribution in [-0.4, -0.2) is 24.0 Å². The molecule has 0 unspecified atom stereocenters. The molecule has 0 aliphatic carbocycles. The minimum absolute atomic E-state index is 0.153. The lowest BCUT2D eigenvalue weighted by Gasteiger charge is -2.06. The highest BCUT2D eigenvalue weighted by molar-refractivity contribution is 5.93. The molecule has 0 aliphatic rings. The Kier molecular flexibility index (Phi) is 5.59. The van der Waals surface area contributed by atoms with Crippen molar-refractivity contribution >= 4 is 11.6 Å². The number of nitrogens with zero attached hydrogens (tertiary/aromatic N) is 1. The van der Waals surface area contributed by atoms with Crippen LogP contribution in [-0.2, 0) is 0 Å². The Morgan fingerprint density at radius 2 is 2.41 bits per heavy atom. The summed E-state index contributed by atoms with van der Waals surface area (Å²) in [4.78, 5) is 15.6. The number of carbonyl (C=O) groups is 1. The van der Waals surface area contributed by atoms with Gasteiger partial charge in [-0.25, -0.2) is 0 Å². The molecule has 90 valence electrons. The number of amides is 1. The van der Waals surface area contributed by atoms with Gasteiger partial charge in [0.15, 0.2) is 0 Å². The molecule has 0 atom stereocenters. The molecule has 0 saturated carbocycles. The van der Waals surface area contributed by atoms with Gasteiger partial charge in [-0.05, 0) is 25.5 Å². The first-order valence-corrected chi connectivity index (χ1v) is 5.69. The van der Waals surface area contributed by atoms with Crippen molar-refractivity contribution in [1.29, 1.82) is 0 Å². The standard InChI is InChI=1S/C13H17N3O/c1-3-5-6-8-15-11-7-9-16-12(10-11)13(17)14-4-2/h1,7,9-10H,4-6,8H2,2H3,(H,14,17)(H,15,16). The van der Waals surface area contributed by atoms with Crippen molar-refractivity contribution in [1.82, 2.24) is 10.3 Å². The number of anilines is 1. The van der Waals surface area contributed by atoms with E-state index in [-0.39, 0.29) is 5.91 Å². The second-order valence-corrected chi connectivity index (χ2v) is 3.52. The van der Waals surface area contributed by atoms with Gasteiger partial charge < -0.3 is 10.6 Å². The Hall–Kier alpha value is -2.02. The van der Waals surface area contributed by atoms with Crippen LogP contribution in [0.1, 0.15) is 30.3 Å². The van der Waals surface area contributed by atoms with Crippen molar-refractivity contribution in [3.05, 3.63) is 24.0 Å². The third-order valence-corrected chi connectivity index (χ3v) is 2.16. The highest BCUT2D eigenvalue weighted by Gasteiger charge is 2.05. The summed E-state index contributed by atoms with van der Waals surface area (Å²) in [5.74, 6) is 2.43. The minimum Gasteiger partial charge on any atom is -0.385 e. The molecule has 4 heteroatoms. The summed E-state index contributed by atoms with van der Waals surface area (Å²) in [5, 5.41) is 5.91. The number of nitrogens with one attached hydrogen (secondary N) is 2. The van der Waals surface area contributed by atoms with Gasteiger partial charge in [-0.2, -0.15) is 0 Å². The number of aromatic nitrogens is 1. The fraction of sp³-hybridized carbons (Fsp3) is 0.385. The molecule has 0 bridgehead atoms. The minimum atomic E-state index is -0.153. The average Bonchev–Trinajstić information content (AvgIpc) is 2.35. The Morgan fingerprint density at radius 1 is 1.59 bits per heavy atom. The molecular formula is C13H17N3O. The number of terminal acetylenes is 1. The van der Waals surface area contributed by atoms with E-state index in [1.54, 1.807) is 12.3 Å². The Balaban J connectivity index is 2.54. The number of hydrogen-bond acceptors (Lipinski definition) is 3. The molecule has 1 aromatic heterocycles. The third kappa shape index (κ3) is 4.56. The zero-order valence-electron chi connectivity index (χ0n) is 9.99. The number of pyridine rings is 1. The first kappa shape index (κ1) is 13.0. The van der Waals surface area contributed by atoms with Crippen LogP contribution in [0.2, 0.25) is 0 Å². The molecule has 0 aromatic carbocycles. The second-order valence-electron chi connectivity index (χ2n) is 3.52. The molecule has 17 heavy (non-hydrogen) atoms. The van der Waals surface area contributed by atoms with E-state index in [4.69, 9.17) is 6.42 Å². The molecule has 1 amide bonds. The number of rotatable bonds is 6. The highest BCUT2D eigenvalue weighted by atomic mass is 16.1. The molecule has 0 saturated heterocycles. The SMILES string of the molecule is C#CCCCNc1ccnc(C(=O)NCC)c1. The van der Waals surface area contributed by atoms with E-state index in [1.165, 1.54) is 0 Å². The maximum atomic E-state index is 11.5. The van der Waals surface area contributed by atoms with E-state index >= 15 is 0 Å². The maximum Gasteiger partial charge on any atom is 0.269 e. The molecule has 4 nitrogen and oxygen atoms in total. The van der Waals surface area contributed by atoms with Crippen LogP contribution in [0.4, 0.5) is 5.69 Å². The molecule has 0 radical (unpaired) electrons. The van der Waals surface area contributed by atoms with E-state index < -0.39 is 0 Å². The average molecular weight is 231 g/mol. The molecule has 0 aliphatic heterocycles. The van der Waals surface area contributed by atoms with Gasteiger partial charge in [-0.1, -0.05) is 0 Å². The van der Waals surface area contributed by atoms with Gasteiger partial charge in [0.05, 0.1) is 0 Å². The van der Waals surface area contributed by atoms with Crippen LogP contribution < -0.4 is 10.6 Å². The van der Waals surface area contributed by atoms with E-state index in [0.717, 1.165) is 25.1 Å². The Bertz CT molecular complexity index is 409. The van der Waals surface area contributed by atoms with E-state index in [0.29, 0.717) is 12.2 Å². The molecule has 0 fully saturated rings. The summed E-state index contributed by atoms with van der Waals surface area (Å²) in [6.07, 6.45) is 8.45. The number of hydrogen-bond donors (Lipinski definition) is 2. The molecule has 1 aromatic rings. The van der Waals surface area contributed by atoms with Crippen molar-refractivity contribution in [3.63, 3.8) is 0 Å². The lowest BCUT2D eigenvalue weighted by molar-refractivity contribution is 0.0951. The van der Waals surface area contributed by atoms with Crippen molar-refractivity contribution in [2.45, 2.75) is 19.8 Å². The quantitative estimate of drug-likeness (QED) is 0.578. The van der Waals surface area contributed by atoms with Gasteiger partial charge in [0.25, 0.3) is 5.91 Å². The highest BCUT2D eigenvalue weighted by Crippen LogP contribution is 2.08. The van der Waals surface area contributed by atoms with Gasteiger partial charge in [-0.15, -0.1) is 12.3 Å². The summed E-state index contributed by atoms with van der Waals surface area (Å²) >= 11 is 0. The lowest BCUT2D eigenvalue weighted by Crippen LogP contribution is -2.23. The normalized spacial score (nSPS) is 9.41. The van der Waals surface area contributed by atoms with Crippen LogP contribution >= 0.6 is 0 Å². The lowest BCUT2D eigenvalue weighted by atomic mass is 10.2. The van der Waals surface area contributed by atoms with Gasteiger partial charge >= 0.3 is 0 Å². The first-order chi connectivity index (χ1) is 8.27. The first-order valence-electron chi connectivity index (χ1n) is 5.69. The van der Waals surface area contributed by atoms with E-state index in [9.17, 15) is 4.79 Å². The van der Waals surface area contributed by atoms with Gasteiger partial charge in [0.1, 0.15) is 5.69 Å². The van der Waals surface area contributed by atoms with Crippen LogP contribution in [0.25, 0.3) is 0 Å². The summed E-state index contributed by atoms with van der Waals surface area (Å²) in [6.45, 7) is 3.27. The van der Waals surface area contributed by atoms with Crippen LogP contribution in [0.15, 0.2) is 18.3 Å². The molecule has 1 heterocycles. The largest absolute Gasteiger partial charge is 0.385 e. The molecule has 1 rings (SSSR count). The predicted molar refractivity (Wildman–Crippen MR) is 68.8 cm³/mol. The Labute approximate surface area is 102 Å². The van der Waals surface area contributed by atoms with Crippen molar-refractivity contribution in [2.24, 2.45) is 0 Å². The van der Waals surface area contributed by atoms with E-state index in [1.807, 2.05) is 13.0 Å². The molecule has 2 N–H and O–H groups in total. The van der Waals surface area contributed by atoms with Crippen LogP contribution in [0.5, 0.6) is 0 Å². The molecule has 0 spiro atoms. The van der Waals surface area contributed by atoms with Crippen LogP contribution in [0, 0.1) is 12.3 Å². The summed E-state index contributed by atoms with van der Waals surface area (Å²) < 4.78 is 0. The van der Waals surface area contributed by atoms with Gasteiger partial charge in [0.2, 0.25) is 0 Å². The van der Waals surface area contributed by atoms with E-state index in [2.05, 4.69) is 21.5 Å². The fourth-order valence-corrected chi connectivity index (χ4v) is 1.34. The van der Waals surface area contributed by atoms with Crippen molar-refractivity contribution in [2.75, 3.05) is 18.4 Å². The topological polar surface area (TPSA) is 54.0 Å². The zero-order chi connectivity index (χ0) is 12.5. The van der Waals surface area contributed by atoms with Crippen LogP contribution in [0.3, 0.4) is 0 Å². The van der Waals surface area contributed by atoms with Gasteiger partial charge in [-0.3, -0.25) is 9.78 Å². The smallest absolute Gasteiger partial charge is 0.269 e. The van der Waals surface area contributed by atoms with Crippen molar-refractivity contribution < 1.29 is 4.79 Å². The maximum absolute atomic E-state index is 11.5. The molecular weight excluding hydrogens is 214 g/mol. The Morgan fingerprint density at radius 3 is 3.12 bits per heavy atom. The second kappa shape index (κ2) is 7.29. The summed E-state index contributed by atoms with van der Waals surface area (Å²) in [6, 6.07) is 3.57.